The summed E-state index contributed by atoms with van der Waals surface area (Å²) in [6.45, 7) is 2.44. The summed E-state index contributed by atoms with van der Waals surface area (Å²) < 4.78 is 0.673. The smallest absolute Gasteiger partial charge is 0.270 e. The predicted molar refractivity (Wildman–Crippen MR) is 96.6 cm³/mol. The number of hydrogen-bond donors (Lipinski definition) is 3. The molecule has 1 aromatic heterocycles. The maximum atomic E-state index is 12.5. The van der Waals surface area contributed by atoms with Crippen molar-refractivity contribution < 1.29 is 4.79 Å². The van der Waals surface area contributed by atoms with Crippen LogP contribution >= 0.6 is 28.3 Å². The Kier molecular flexibility index (Phi) is 5.49. The zero-order valence-corrected chi connectivity index (χ0v) is 15.2. The first-order chi connectivity index (χ1) is 10.5. The summed E-state index contributed by atoms with van der Waals surface area (Å²) in [6, 6.07) is 9.73. The van der Waals surface area contributed by atoms with Gasteiger partial charge in [0.2, 0.25) is 0 Å². The number of halogens is 2. The van der Waals surface area contributed by atoms with Crippen LogP contribution in [0.2, 0.25) is 0 Å². The number of amides is 1. The Morgan fingerprint density at radius 1 is 1.43 bits per heavy atom. The van der Waals surface area contributed by atoms with E-state index in [4.69, 9.17) is 5.73 Å². The lowest BCUT2D eigenvalue weighted by molar-refractivity contribution is 0.0892. The van der Waals surface area contributed by atoms with Gasteiger partial charge in [0.15, 0.2) is 0 Å². The maximum Gasteiger partial charge on any atom is 0.270 e. The van der Waals surface area contributed by atoms with E-state index in [-0.39, 0.29) is 23.9 Å². The van der Waals surface area contributed by atoms with Gasteiger partial charge in [-0.25, -0.2) is 0 Å². The van der Waals surface area contributed by atoms with E-state index in [0.29, 0.717) is 22.6 Å². The van der Waals surface area contributed by atoms with Crippen LogP contribution in [0.5, 0.6) is 0 Å². The van der Waals surface area contributed by atoms with Crippen molar-refractivity contribution in [1.29, 1.82) is 0 Å². The Bertz CT molecular complexity index is 687. The number of carbonyl (C=O) groups excluding carboxylic acids is 1. The van der Waals surface area contributed by atoms with Crippen molar-refractivity contribution >= 4 is 34.2 Å². The van der Waals surface area contributed by atoms with Crippen molar-refractivity contribution in [2.45, 2.75) is 25.3 Å². The number of hydrogen-bond acceptors (Lipinski definition) is 3. The van der Waals surface area contributed by atoms with Crippen molar-refractivity contribution in [3.8, 4) is 11.3 Å². The molecule has 0 radical (unpaired) electrons. The third-order valence-corrected chi connectivity index (χ3v) is 5.05. The summed E-state index contributed by atoms with van der Waals surface area (Å²) in [5.74, 6) is 0.290. The molecule has 0 saturated heterocycles. The van der Waals surface area contributed by atoms with Crippen molar-refractivity contribution in [3.63, 3.8) is 0 Å². The first kappa shape index (κ1) is 18.0. The van der Waals surface area contributed by atoms with Gasteiger partial charge < -0.3 is 11.1 Å². The van der Waals surface area contributed by atoms with Gasteiger partial charge in [0.25, 0.3) is 5.91 Å². The van der Waals surface area contributed by atoms with E-state index in [0.717, 1.165) is 24.1 Å². The molecule has 1 unspecified atom stereocenters. The van der Waals surface area contributed by atoms with Gasteiger partial charge in [0.1, 0.15) is 11.4 Å². The Morgan fingerprint density at radius 3 is 2.65 bits per heavy atom. The van der Waals surface area contributed by atoms with Crippen LogP contribution in [0.25, 0.3) is 11.3 Å². The van der Waals surface area contributed by atoms with Gasteiger partial charge >= 0.3 is 0 Å². The molecule has 1 aliphatic carbocycles. The normalized spacial score (nSPS) is 16.3. The molecule has 1 amide bonds. The monoisotopic (exact) mass is 398 g/mol. The van der Waals surface area contributed by atoms with E-state index in [1.165, 1.54) is 0 Å². The van der Waals surface area contributed by atoms with Crippen molar-refractivity contribution in [2.75, 3.05) is 6.54 Å². The first-order valence-electron chi connectivity index (χ1n) is 7.37. The van der Waals surface area contributed by atoms with Gasteiger partial charge in [-0.3, -0.25) is 9.89 Å². The first-order valence-corrected chi connectivity index (χ1v) is 8.16. The van der Waals surface area contributed by atoms with Crippen molar-refractivity contribution in [2.24, 2.45) is 11.7 Å². The van der Waals surface area contributed by atoms with Gasteiger partial charge in [0.05, 0.1) is 10.0 Å². The molecule has 0 bridgehead atoms. The highest BCUT2D eigenvalue weighted by molar-refractivity contribution is 9.10. The van der Waals surface area contributed by atoms with Crippen LogP contribution in [-0.4, -0.2) is 28.2 Å². The van der Waals surface area contributed by atoms with Gasteiger partial charge in [-0.2, -0.15) is 5.10 Å². The van der Waals surface area contributed by atoms with Crippen LogP contribution in [0.3, 0.4) is 0 Å². The van der Waals surface area contributed by atoms with E-state index in [1.807, 2.05) is 37.3 Å². The second-order valence-electron chi connectivity index (χ2n) is 5.98. The fraction of sp³-hybridized carbons (Fsp3) is 0.375. The van der Waals surface area contributed by atoms with Gasteiger partial charge in [-0.15, -0.1) is 12.4 Å². The minimum Gasteiger partial charge on any atom is -0.344 e. The number of aromatic nitrogens is 2. The standard InChI is InChI=1S/C16H19BrN4O.ClH/c1-16(9-18,11-7-8-11)19-15(22)14-12(17)13(20-21-14)10-5-3-2-4-6-10;/h2-6,11H,7-9,18H2,1H3,(H,19,22)(H,20,21);1H. The second-order valence-corrected chi connectivity index (χ2v) is 6.77. The Hall–Kier alpha value is -1.37. The quantitative estimate of drug-likeness (QED) is 0.722. The number of carbonyl (C=O) groups is 1. The van der Waals surface area contributed by atoms with Crippen LogP contribution in [0.15, 0.2) is 34.8 Å². The molecule has 0 spiro atoms. The van der Waals surface area contributed by atoms with Crippen molar-refractivity contribution in [1.82, 2.24) is 15.5 Å². The van der Waals surface area contributed by atoms with Crippen molar-refractivity contribution in [3.05, 3.63) is 40.5 Å². The summed E-state index contributed by atoms with van der Waals surface area (Å²) in [5, 5.41) is 10.1. The highest BCUT2D eigenvalue weighted by Crippen LogP contribution is 2.39. The molecular weight excluding hydrogens is 380 g/mol. The van der Waals surface area contributed by atoms with Crippen LogP contribution in [-0.2, 0) is 0 Å². The van der Waals surface area contributed by atoms with E-state index in [2.05, 4.69) is 31.4 Å². The third-order valence-electron chi connectivity index (χ3n) is 4.28. The summed E-state index contributed by atoms with van der Waals surface area (Å²) >= 11 is 3.48. The minimum atomic E-state index is -0.353. The number of nitrogens with zero attached hydrogens (tertiary/aromatic N) is 1. The van der Waals surface area contributed by atoms with Crippen LogP contribution in [0, 0.1) is 5.92 Å². The lowest BCUT2D eigenvalue weighted by Crippen LogP contribution is -2.53. The number of nitrogens with two attached hydrogens (primary N) is 1. The molecule has 1 heterocycles. The van der Waals surface area contributed by atoms with E-state index in [9.17, 15) is 4.79 Å². The molecule has 5 nitrogen and oxygen atoms in total. The third kappa shape index (κ3) is 3.59. The molecular formula is C16H20BrClN4O. The molecule has 1 fully saturated rings. The second kappa shape index (κ2) is 7.03. The molecule has 3 rings (SSSR count). The molecule has 1 atom stereocenters. The lowest BCUT2D eigenvalue weighted by atomic mass is 9.96. The van der Waals surface area contributed by atoms with Gasteiger partial charge in [-0.1, -0.05) is 30.3 Å². The number of rotatable bonds is 5. The predicted octanol–water partition coefficient (Wildman–Crippen LogP) is 3.12. The minimum absolute atomic E-state index is 0. The molecule has 0 aliphatic heterocycles. The van der Waals surface area contributed by atoms with E-state index < -0.39 is 0 Å². The molecule has 4 N–H and O–H groups in total. The number of benzene rings is 1. The average molecular weight is 400 g/mol. The molecule has 1 aromatic carbocycles. The number of aromatic amines is 1. The molecule has 124 valence electrons. The summed E-state index contributed by atoms with van der Waals surface area (Å²) in [4.78, 5) is 12.5. The summed E-state index contributed by atoms with van der Waals surface area (Å²) in [7, 11) is 0. The van der Waals surface area contributed by atoms with E-state index in [1.54, 1.807) is 0 Å². The molecule has 7 heteroatoms. The Labute approximate surface area is 150 Å². The maximum absolute atomic E-state index is 12.5. The van der Waals surface area contributed by atoms with Crippen LogP contribution in [0.1, 0.15) is 30.3 Å². The SMILES string of the molecule is CC(CN)(NC(=O)c1[nH]nc(-c2ccccc2)c1Br)C1CC1.Cl. The number of nitrogens with one attached hydrogen (secondary N) is 2. The summed E-state index contributed by atoms with van der Waals surface area (Å²) in [6.07, 6.45) is 2.24. The highest BCUT2D eigenvalue weighted by atomic mass is 79.9. The van der Waals surface area contributed by atoms with Gasteiger partial charge in [0, 0.05) is 12.1 Å². The Morgan fingerprint density at radius 2 is 2.09 bits per heavy atom. The van der Waals surface area contributed by atoms with E-state index >= 15 is 0 Å². The van der Waals surface area contributed by atoms with Crippen LogP contribution < -0.4 is 11.1 Å². The Balaban J connectivity index is 0.00000192. The van der Waals surface area contributed by atoms with Crippen LogP contribution in [0.4, 0.5) is 0 Å². The number of H-pyrrole nitrogens is 1. The molecule has 1 saturated carbocycles. The fourth-order valence-corrected chi connectivity index (χ4v) is 3.21. The largest absolute Gasteiger partial charge is 0.344 e. The molecule has 1 aliphatic rings. The average Bonchev–Trinajstić information content (AvgIpc) is 3.31. The zero-order chi connectivity index (χ0) is 15.7. The lowest BCUT2D eigenvalue weighted by Gasteiger charge is -2.29. The highest BCUT2D eigenvalue weighted by Gasteiger charge is 2.42. The fourth-order valence-electron chi connectivity index (χ4n) is 2.63. The zero-order valence-electron chi connectivity index (χ0n) is 12.8. The van der Waals surface area contributed by atoms with Gasteiger partial charge in [-0.05, 0) is 41.6 Å². The molecule has 2 aromatic rings. The molecule has 23 heavy (non-hydrogen) atoms. The summed E-state index contributed by atoms with van der Waals surface area (Å²) in [5.41, 5.74) is 7.61. The topological polar surface area (TPSA) is 83.8 Å².